The number of fused-ring (bicyclic) bond motifs is 1. The topological polar surface area (TPSA) is 168 Å². The fraction of sp³-hybridized carbons (Fsp3) is 0.241. The van der Waals surface area contributed by atoms with Gasteiger partial charge in [-0.25, -0.2) is 0 Å². The number of nitrogens with one attached hydrogen (secondary N) is 1. The van der Waals surface area contributed by atoms with Gasteiger partial charge in [0, 0.05) is 28.9 Å². The molecule has 40 heavy (non-hydrogen) atoms. The number of hydrogen-bond acceptors (Lipinski definition) is 10. The first-order chi connectivity index (χ1) is 19.2. The van der Waals surface area contributed by atoms with E-state index in [1.807, 2.05) is 0 Å². The molecule has 1 amide bonds. The molecule has 1 fully saturated rings. The third kappa shape index (κ3) is 5.10. The van der Waals surface area contributed by atoms with Gasteiger partial charge in [-0.1, -0.05) is 18.2 Å². The minimum absolute atomic E-state index is 0.0133. The summed E-state index contributed by atoms with van der Waals surface area (Å²) in [4.78, 5) is 25.7. The maximum absolute atomic E-state index is 12.9. The summed E-state index contributed by atoms with van der Waals surface area (Å²) in [6.07, 6.45) is -8.53. The van der Waals surface area contributed by atoms with Crippen LogP contribution in [0.2, 0.25) is 0 Å². The zero-order valence-electron chi connectivity index (χ0n) is 21.5. The summed E-state index contributed by atoms with van der Waals surface area (Å²) in [6, 6.07) is 17.8. The van der Waals surface area contributed by atoms with E-state index in [-0.39, 0.29) is 28.0 Å². The normalized spacial score (nSPS) is 22.6. The summed E-state index contributed by atoms with van der Waals surface area (Å²) in [5, 5.41) is 44.8. The zero-order valence-corrected chi connectivity index (χ0v) is 21.5. The molecule has 5 unspecified atom stereocenters. The van der Waals surface area contributed by atoms with Gasteiger partial charge in [-0.05, 0) is 43.3 Å². The molecule has 3 aromatic carbocycles. The Morgan fingerprint density at radius 3 is 2.33 bits per heavy atom. The molecule has 0 bridgehead atoms. The highest BCUT2D eigenvalue weighted by Gasteiger charge is 2.48. The van der Waals surface area contributed by atoms with E-state index >= 15 is 0 Å². The van der Waals surface area contributed by atoms with Crippen LogP contribution in [-0.2, 0) is 9.53 Å². The number of carbonyl (C=O) groups is 1. The van der Waals surface area contributed by atoms with Crippen LogP contribution in [-0.4, -0.2) is 64.1 Å². The molecule has 0 radical (unpaired) electrons. The Labute approximate surface area is 227 Å². The number of phenolic OH excluding ortho intramolecular Hbond substituents is 1. The number of carbonyl (C=O) groups excluding carboxylic acids is 1. The Morgan fingerprint density at radius 2 is 1.65 bits per heavy atom. The maximum Gasteiger partial charge on any atom is 0.256 e. The third-order valence-corrected chi connectivity index (χ3v) is 6.69. The molecule has 5 atom stereocenters. The van der Waals surface area contributed by atoms with E-state index in [1.165, 1.54) is 26.2 Å². The quantitative estimate of drug-likeness (QED) is 0.241. The van der Waals surface area contributed by atoms with E-state index in [9.17, 15) is 30.0 Å². The molecule has 0 spiro atoms. The number of amides is 1. The van der Waals surface area contributed by atoms with Crippen LogP contribution >= 0.6 is 0 Å². The smallest absolute Gasteiger partial charge is 0.256 e. The summed E-state index contributed by atoms with van der Waals surface area (Å²) in [6.45, 7) is 1.47. The van der Waals surface area contributed by atoms with Gasteiger partial charge < -0.3 is 44.4 Å². The van der Waals surface area contributed by atoms with Crippen LogP contribution in [0.4, 0.5) is 5.69 Å². The number of aliphatic hydroxyl groups excluding tert-OH is 3. The van der Waals surface area contributed by atoms with Crippen LogP contribution in [0, 0.1) is 6.92 Å². The Bertz CT molecular complexity index is 1580. The SMILES string of the molecule is COc1ccc(-c2cc(=O)c3c(O)c(C)c(OC4OC(C(=O)Nc5ccccc5)C(O)C(O)C4O)cc3o2)cc1. The number of methoxy groups -OCH3 is 1. The number of rotatable bonds is 6. The number of hydrogen-bond donors (Lipinski definition) is 5. The number of aromatic hydroxyl groups is 1. The van der Waals surface area contributed by atoms with Gasteiger partial charge in [-0.15, -0.1) is 0 Å². The maximum atomic E-state index is 12.9. The number of aliphatic hydroxyl groups is 3. The van der Waals surface area contributed by atoms with E-state index in [2.05, 4.69) is 5.32 Å². The molecular weight excluding hydrogens is 522 g/mol. The second-order valence-corrected chi connectivity index (χ2v) is 9.29. The van der Waals surface area contributed by atoms with Crippen molar-refractivity contribution < 1.29 is 43.8 Å². The highest BCUT2D eigenvalue weighted by atomic mass is 16.7. The summed E-state index contributed by atoms with van der Waals surface area (Å²) < 4.78 is 22.5. The monoisotopic (exact) mass is 549 g/mol. The van der Waals surface area contributed by atoms with Gasteiger partial charge in [0.15, 0.2) is 11.5 Å². The molecule has 2 heterocycles. The molecule has 208 valence electrons. The molecule has 11 heteroatoms. The summed E-state index contributed by atoms with van der Waals surface area (Å²) in [7, 11) is 1.53. The van der Waals surface area contributed by atoms with Crippen LogP contribution in [0.5, 0.6) is 17.2 Å². The number of benzene rings is 3. The van der Waals surface area contributed by atoms with Crippen molar-refractivity contribution >= 4 is 22.6 Å². The molecule has 11 nitrogen and oxygen atoms in total. The van der Waals surface area contributed by atoms with Crippen molar-refractivity contribution in [2.75, 3.05) is 12.4 Å². The lowest BCUT2D eigenvalue weighted by Gasteiger charge is -2.39. The second-order valence-electron chi connectivity index (χ2n) is 9.29. The first-order valence-electron chi connectivity index (χ1n) is 12.3. The largest absolute Gasteiger partial charge is 0.507 e. The van der Waals surface area contributed by atoms with Gasteiger partial charge in [-0.3, -0.25) is 9.59 Å². The van der Waals surface area contributed by atoms with Crippen LogP contribution in [0.1, 0.15) is 5.56 Å². The van der Waals surface area contributed by atoms with Gasteiger partial charge in [0.2, 0.25) is 6.29 Å². The van der Waals surface area contributed by atoms with Gasteiger partial charge in [0.25, 0.3) is 5.91 Å². The minimum Gasteiger partial charge on any atom is -0.507 e. The first kappa shape index (κ1) is 27.2. The molecule has 1 saturated heterocycles. The van der Waals surface area contributed by atoms with E-state index in [4.69, 9.17) is 18.6 Å². The van der Waals surface area contributed by atoms with Crippen LogP contribution in [0.3, 0.4) is 0 Å². The highest BCUT2D eigenvalue weighted by Crippen LogP contribution is 2.37. The van der Waals surface area contributed by atoms with Gasteiger partial charge in [-0.2, -0.15) is 0 Å². The third-order valence-electron chi connectivity index (χ3n) is 6.69. The molecule has 4 aromatic rings. The van der Waals surface area contributed by atoms with Crippen LogP contribution < -0.4 is 20.2 Å². The number of anilines is 1. The lowest BCUT2D eigenvalue weighted by molar-refractivity contribution is -0.265. The number of para-hydroxylation sites is 1. The van der Waals surface area contributed by atoms with Crippen molar-refractivity contribution in [1.29, 1.82) is 0 Å². The lowest BCUT2D eigenvalue weighted by Crippen LogP contribution is -2.62. The first-order valence-corrected chi connectivity index (χ1v) is 12.3. The van der Waals surface area contributed by atoms with E-state index in [0.29, 0.717) is 17.0 Å². The molecule has 0 aliphatic carbocycles. The molecular formula is C29H27NO10. The van der Waals surface area contributed by atoms with Crippen LogP contribution in [0.15, 0.2) is 75.9 Å². The van der Waals surface area contributed by atoms with Crippen molar-refractivity contribution in [3.05, 3.63) is 82.5 Å². The van der Waals surface area contributed by atoms with Crippen molar-refractivity contribution in [3.63, 3.8) is 0 Å². The Hall–Kier alpha value is -4.42. The second kappa shape index (κ2) is 11.0. The van der Waals surface area contributed by atoms with Crippen molar-refractivity contribution in [3.8, 4) is 28.6 Å². The van der Waals surface area contributed by atoms with E-state index in [1.54, 1.807) is 54.6 Å². The standard InChI is InChI=1S/C29H27NO10/c1-14-19(13-21-22(23(14)32)18(31)12-20(38-21)15-8-10-17(37-2)11-9-15)39-29-26(35)24(33)25(34)27(40-29)28(36)30-16-6-4-3-5-7-16/h3-13,24-27,29,32-35H,1-2H3,(H,30,36). The lowest BCUT2D eigenvalue weighted by atomic mass is 9.98. The molecule has 5 N–H and O–H groups in total. The zero-order chi connectivity index (χ0) is 28.6. The number of ether oxygens (including phenoxy) is 3. The molecule has 0 saturated carbocycles. The molecule has 5 rings (SSSR count). The van der Waals surface area contributed by atoms with Crippen molar-refractivity contribution in [2.24, 2.45) is 0 Å². The fourth-order valence-electron chi connectivity index (χ4n) is 4.42. The van der Waals surface area contributed by atoms with Gasteiger partial charge >= 0.3 is 0 Å². The van der Waals surface area contributed by atoms with Crippen LogP contribution in [0.25, 0.3) is 22.3 Å². The number of phenols is 1. The summed E-state index contributed by atoms with van der Waals surface area (Å²) in [5.41, 5.74) is 0.626. The Kier molecular flexibility index (Phi) is 7.46. The highest BCUT2D eigenvalue weighted by molar-refractivity contribution is 5.94. The average Bonchev–Trinajstić information content (AvgIpc) is 2.96. The summed E-state index contributed by atoms with van der Waals surface area (Å²) in [5.74, 6) is -0.391. The average molecular weight is 550 g/mol. The molecule has 1 aromatic heterocycles. The van der Waals surface area contributed by atoms with E-state index < -0.39 is 47.8 Å². The predicted molar refractivity (Wildman–Crippen MR) is 143 cm³/mol. The molecule has 1 aliphatic rings. The van der Waals surface area contributed by atoms with Gasteiger partial charge in [0.1, 0.15) is 52.3 Å². The molecule has 1 aliphatic heterocycles. The summed E-state index contributed by atoms with van der Waals surface area (Å²) >= 11 is 0. The van der Waals surface area contributed by atoms with Gasteiger partial charge in [0.05, 0.1) is 7.11 Å². The Morgan fingerprint density at radius 1 is 0.950 bits per heavy atom. The van der Waals surface area contributed by atoms with Crippen molar-refractivity contribution in [2.45, 2.75) is 37.6 Å². The fourth-order valence-corrected chi connectivity index (χ4v) is 4.42. The Balaban J connectivity index is 1.46. The minimum atomic E-state index is -1.79. The van der Waals surface area contributed by atoms with Crippen molar-refractivity contribution in [1.82, 2.24) is 0 Å². The van der Waals surface area contributed by atoms with E-state index in [0.717, 1.165) is 0 Å². The predicted octanol–water partition coefficient (Wildman–Crippen LogP) is 2.31.